The molecule has 0 atom stereocenters. The minimum atomic E-state index is -0.371. The molecular formula is C21H23NO4. The highest BCUT2D eigenvalue weighted by Gasteiger charge is 2.04. The van der Waals surface area contributed by atoms with Gasteiger partial charge in [0, 0.05) is 12.6 Å². The first-order valence-corrected chi connectivity index (χ1v) is 8.49. The molecular weight excluding hydrogens is 330 g/mol. The van der Waals surface area contributed by atoms with Crippen LogP contribution in [0.5, 0.6) is 5.75 Å². The van der Waals surface area contributed by atoms with E-state index in [1.165, 1.54) is 6.08 Å². The quantitative estimate of drug-likeness (QED) is 0.427. The normalized spacial score (nSPS) is 10.5. The van der Waals surface area contributed by atoms with E-state index in [1.54, 1.807) is 6.08 Å². The van der Waals surface area contributed by atoms with Gasteiger partial charge in [-0.1, -0.05) is 48.0 Å². The fraction of sp³-hybridized carbons (Fsp3) is 0.238. The Bertz CT molecular complexity index is 723. The van der Waals surface area contributed by atoms with Crippen molar-refractivity contribution in [1.82, 2.24) is 5.32 Å². The summed E-state index contributed by atoms with van der Waals surface area (Å²) >= 11 is 0. The maximum Gasteiger partial charge on any atom is 0.307 e. The Hall–Kier alpha value is -3.08. The van der Waals surface area contributed by atoms with E-state index in [0.717, 1.165) is 16.9 Å². The van der Waals surface area contributed by atoms with Crippen LogP contribution in [0.2, 0.25) is 0 Å². The number of aryl methyl sites for hydroxylation is 1. The van der Waals surface area contributed by atoms with Crippen LogP contribution in [0.3, 0.4) is 0 Å². The third kappa shape index (κ3) is 7.66. The van der Waals surface area contributed by atoms with Gasteiger partial charge < -0.3 is 14.8 Å². The summed E-state index contributed by atoms with van der Waals surface area (Å²) < 4.78 is 10.5. The summed E-state index contributed by atoms with van der Waals surface area (Å²) in [6, 6.07) is 17.2. The molecule has 5 nitrogen and oxygen atoms in total. The minimum absolute atomic E-state index is 0.120. The summed E-state index contributed by atoms with van der Waals surface area (Å²) in [5.41, 5.74) is 2.10. The Morgan fingerprint density at radius 3 is 2.46 bits per heavy atom. The summed E-state index contributed by atoms with van der Waals surface area (Å²) in [4.78, 5) is 23.3. The van der Waals surface area contributed by atoms with Crippen LogP contribution in [0.15, 0.2) is 60.7 Å². The number of carbonyl (C=O) groups is 2. The van der Waals surface area contributed by atoms with Crippen LogP contribution in [-0.4, -0.2) is 31.6 Å². The molecule has 0 aliphatic heterocycles. The van der Waals surface area contributed by atoms with Crippen molar-refractivity contribution in [2.24, 2.45) is 0 Å². The number of ether oxygens (including phenoxy) is 2. The molecule has 0 heterocycles. The number of rotatable bonds is 9. The number of amides is 1. The van der Waals surface area contributed by atoms with Crippen molar-refractivity contribution in [2.75, 3.05) is 19.8 Å². The smallest absolute Gasteiger partial charge is 0.307 e. The molecule has 2 aromatic carbocycles. The highest BCUT2D eigenvalue weighted by Crippen LogP contribution is 2.10. The lowest BCUT2D eigenvalue weighted by atomic mass is 10.2. The zero-order valence-corrected chi connectivity index (χ0v) is 14.8. The van der Waals surface area contributed by atoms with Crippen LogP contribution in [0.25, 0.3) is 6.08 Å². The van der Waals surface area contributed by atoms with E-state index in [4.69, 9.17) is 9.47 Å². The third-order valence-corrected chi connectivity index (χ3v) is 3.49. The Morgan fingerprint density at radius 2 is 1.73 bits per heavy atom. The lowest BCUT2D eigenvalue weighted by molar-refractivity contribution is -0.144. The van der Waals surface area contributed by atoms with Gasteiger partial charge in [-0.05, 0) is 30.7 Å². The molecule has 1 amide bonds. The first-order valence-electron chi connectivity index (χ1n) is 8.49. The molecule has 0 aliphatic rings. The van der Waals surface area contributed by atoms with E-state index in [1.807, 2.05) is 61.5 Å². The second-order valence-electron chi connectivity index (χ2n) is 5.67. The molecule has 0 fully saturated rings. The first-order chi connectivity index (χ1) is 12.6. The summed E-state index contributed by atoms with van der Waals surface area (Å²) in [5.74, 6) is 0.123. The SMILES string of the molecule is Cc1ccc(OCCOC(=O)CCNC(=O)/C=C/c2ccccc2)cc1. The summed E-state index contributed by atoms with van der Waals surface area (Å²) in [6.45, 7) is 2.70. The number of benzene rings is 2. The second kappa shape index (κ2) is 10.7. The Balaban J connectivity index is 1.55. The Kier molecular flexibility index (Phi) is 7.93. The molecule has 26 heavy (non-hydrogen) atoms. The molecule has 1 N–H and O–H groups in total. The summed E-state index contributed by atoms with van der Waals surface area (Å²) in [6.07, 6.45) is 3.28. The maximum absolute atomic E-state index is 11.7. The van der Waals surface area contributed by atoms with Gasteiger partial charge in [-0.3, -0.25) is 9.59 Å². The van der Waals surface area contributed by atoms with Gasteiger partial charge >= 0.3 is 5.97 Å². The summed E-state index contributed by atoms with van der Waals surface area (Å²) in [5, 5.41) is 2.65. The standard InChI is InChI=1S/C21H23NO4/c1-17-7-10-19(11-8-17)25-15-16-26-21(24)13-14-22-20(23)12-9-18-5-3-2-4-6-18/h2-12H,13-16H2,1H3,(H,22,23)/b12-9+. The predicted molar refractivity (Wildman–Crippen MR) is 101 cm³/mol. The number of carbonyl (C=O) groups excluding carboxylic acids is 2. The lowest BCUT2D eigenvalue weighted by Crippen LogP contribution is -2.25. The van der Waals surface area contributed by atoms with E-state index in [0.29, 0.717) is 6.61 Å². The monoisotopic (exact) mass is 353 g/mol. The molecule has 2 aromatic rings. The van der Waals surface area contributed by atoms with Crippen molar-refractivity contribution < 1.29 is 19.1 Å². The maximum atomic E-state index is 11.7. The van der Waals surface area contributed by atoms with Crippen LogP contribution < -0.4 is 10.1 Å². The fourth-order valence-electron chi connectivity index (χ4n) is 2.10. The van der Waals surface area contributed by atoms with Crippen molar-refractivity contribution in [1.29, 1.82) is 0 Å². The van der Waals surface area contributed by atoms with E-state index < -0.39 is 0 Å². The van der Waals surface area contributed by atoms with Crippen molar-refractivity contribution in [3.8, 4) is 5.75 Å². The molecule has 0 aromatic heterocycles. The molecule has 0 saturated carbocycles. The lowest BCUT2D eigenvalue weighted by Gasteiger charge is -2.08. The van der Waals surface area contributed by atoms with E-state index in [-0.39, 0.29) is 31.4 Å². The molecule has 0 saturated heterocycles. The Morgan fingerprint density at radius 1 is 1.00 bits per heavy atom. The molecule has 0 radical (unpaired) electrons. The van der Waals surface area contributed by atoms with Gasteiger partial charge in [0.2, 0.25) is 5.91 Å². The van der Waals surface area contributed by atoms with Gasteiger partial charge in [0.05, 0.1) is 6.42 Å². The average Bonchev–Trinajstić information content (AvgIpc) is 2.66. The van der Waals surface area contributed by atoms with Crippen molar-refractivity contribution >= 4 is 18.0 Å². The topological polar surface area (TPSA) is 64.6 Å². The van der Waals surface area contributed by atoms with Crippen molar-refractivity contribution in [3.63, 3.8) is 0 Å². The highest BCUT2D eigenvalue weighted by atomic mass is 16.6. The van der Waals surface area contributed by atoms with Crippen LogP contribution in [0.4, 0.5) is 0 Å². The van der Waals surface area contributed by atoms with E-state index in [2.05, 4.69) is 5.32 Å². The number of hydrogen-bond acceptors (Lipinski definition) is 4. The Labute approximate surface area is 153 Å². The molecule has 5 heteroatoms. The predicted octanol–water partition coefficient (Wildman–Crippen LogP) is 3.14. The van der Waals surface area contributed by atoms with Gasteiger partial charge in [0.25, 0.3) is 0 Å². The van der Waals surface area contributed by atoms with Crippen LogP contribution in [0.1, 0.15) is 17.5 Å². The van der Waals surface area contributed by atoms with Crippen LogP contribution in [0, 0.1) is 6.92 Å². The van der Waals surface area contributed by atoms with Gasteiger partial charge in [-0.25, -0.2) is 0 Å². The molecule has 0 bridgehead atoms. The zero-order chi connectivity index (χ0) is 18.6. The van der Waals surface area contributed by atoms with Crippen molar-refractivity contribution in [2.45, 2.75) is 13.3 Å². The van der Waals surface area contributed by atoms with Gasteiger partial charge in [-0.2, -0.15) is 0 Å². The first kappa shape index (κ1) is 19.2. The average molecular weight is 353 g/mol. The summed E-state index contributed by atoms with van der Waals surface area (Å²) in [7, 11) is 0. The molecule has 136 valence electrons. The van der Waals surface area contributed by atoms with Crippen molar-refractivity contribution in [3.05, 3.63) is 71.8 Å². The molecule has 0 aliphatic carbocycles. The largest absolute Gasteiger partial charge is 0.490 e. The van der Waals surface area contributed by atoms with Crippen LogP contribution in [-0.2, 0) is 14.3 Å². The minimum Gasteiger partial charge on any atom is -0.490 e. The van der Waals surface area contributed by atoms with E-state index in [9.17, 15) is 9.59 Å². The zero-order valence-electron chi connectivity index (χ0n) is 14.8. The highest BCUT2D eigenvalue weighted by molar-refractivity contribution is 5.91. The van der Waals surface area contributed by atoms with Crippen LogP contribution >= 0.6 is 0 Å². The number of hydrogen-bond donors (Lipinski definition) is 1. The van der Waals surface area contributed by atoms with E-state index >= 15 is 0 Å². The van der Waals surface area contributed by atoms with Gasteiger partial charge in [-0.15, -0.1) is 0 Å². The fourth-order valence-corrected chi connectivity index (χ4v) is 2.10. The third-order valence-electron chi connectivity index (χ3n) is 3.49. The van der Waals surface area contributed by atoms with Gasteiger partial charge in [0.1, 0.15) is 19.0 Å². The molecule has 0 spiro atoms. The van der Waals surface area contributed by atoms with Gasteiger partial charge in [0.15, 0.2) is 0 Å². The molecule has 0 unspecified atom stereocenters. The second-order valence-corrected chi connectivity index (χ2v) is 5.67. The number of esters is 1. The number of nitrogens with one attached hydrogen (secondary N) is 1. The molecule has 2 rings (SSSR count).